The third-order valence-corrected chi connectivity index (χ3v) is 4.73. The Labute approximate surface area is 161 Å². The van der Waals surface area contributed by atoms with Crippen molar-refractivity contribution in [3.63, 3.8) is 0 Å². The first-order chi connectivity index (χ1) is 11.9. The van der Waals surface area contributed by atoms with Crippen LogP contribution in [0.3, 0.4) is 0 Å². The molecule has 0 spiro atoms. The molecule has 0 bridgehead atoms. The minimum atomic E-state index is -0.390. The van der Waals surface area contributed by atoms with Crippen molar-refractivity contribution in [1.29, 1.82) is 0 Å². The molecule has 4 nitrogen and oxygen atoms in total. The minimum absolute atomic E-state index is 0.136. The lowest BCUT2D eigenvalue weighted by Crippen LogP contribution is -2.14. The van der Waals surface area contributed by atoms with Gasteiger partial charge in [-0.15, -0.1) is 0 Å². The Bertz CT molecular complexity index is 793. The number of aliphatic imine (C=N–C) groups is 1. The molecule has 0 heterocycles. The van der Waals surface area contributed by atoms with E-state index in [0.29, 0.717) is 10.6 Å². The number of hydrogen-bond donors (Lipinski definition) is 0. The summed E-state index contributed by atoms with van der Waals surface area (Å²) in [5.74, 6) is -0.390. The van der Waals surface area contributed by atoms with Crippen molar-refractivity contribution in [2.75, 3.05) is 13.6 Å². The third kappa shape index (κ3) is 5.31. The van der Waals surface area contributed by atoms with Crippen molar-refractivity contribution in [3.8, 4) is 0 Å². The predicted octanol–water partition coefficient (Wildman–Crippen LogP) is 5.38. The van der Waals surface area contributed by atoms with E-state index in [-0.39, 0.29) is 12.6 Å². The van der Waals surface area contributed by atoms with Gasteiger partial charge in [0, 0.05) is 28.7 Å². The van der Waals surface area contributed by atoms with Crippen LogP contribution in [0, 0.1) is 6.92 Å². The summed E-state index contributed by atoms with van der Waals surface area (Å²) in [5.41, 5.74) is 2.85. The number of rotatable bonds is 6. The smallest absolute Gasteiger partial charge is 0.338 e. The molecule has 0 saturated carbocycles. The molecule has 25 heavy (non-hydrogen) atoms. The van der Waals surface area contributed by atoms with Crippen LogP contribution in [0.1, 0.15) is 28.4 Å². The highest BCUT2D eigenvalue weighted by Crippen LogP contribution is 2.29. The fourth-order valence-corrected chi connectivity index (χ4v) is 2.70. The zero-order chi connectivity index (χ0) is 18.4. The largest absolute Gasteiger partial charge is 0.457 e. The molecule has 0 amide bonds. The lowest BCUT2D eigenvalue weighted by molar-refractivity contribution is 0.0472. The SMILES string of the molecule is CCN(C)/C=N/c1cc(C)c(C(=O)OCc2ccccc2Cl)cc1Br. The first-order valence-corrected chi connectivity index (χ1v) is 9.04. The van der Waals surface area contributed by atoms with Crippen molar-refractivity contribution < 1.29 is 9.53 Å². The van der Waals surface area contributed by atoms with Gasteiger partial charge in [0.2, 0.25) is 0 Å². The average molecular weight is 424 g/mol. The van der Waals surface area contributed by atoms with E-state index in [4.69, 9.17) is 16.3 Å². The van der Waals surface area contributed by atoms with E-state index >= 15 is 0 Å². The molecule has 2 rings (SSSR count). The molecule has 0 radical (unpaired) electrons. The molecule has 0 fully saturated rings. The fourth-order valence-electron chi connectivity index (χ4n) is 2.06. The van der Waals surface area contributed by atoms with Crippen LogP contribution < -0.4 is 0 Å². The summed E-state index contributed by atoms with van der Waals surface area (Å²) in [7, 11) is 1.95. The van der Waals surface area contributed by atoms with E-state index in [2.05, 4.69) is 20.9 Å². The number of carbonyl (C=O) groups excluding carboxylic acids is 1. The highest BCUT2D eigenvalue weighted by atomic mass is 79.9. The first kappa shape index (κ1) is 19.5. The van der Waals surface area contributed by atoms with Gasteiger partial charge in [-0.1, -0.05) is 29.8 Å². The monoisotopic (exact) mass is 422 g/mol. The predicted molar refractivity (Wildman–Crippen MR) is 106 cm³/mol. The summed E-state index contributed by atoms with van der Waals surface area (Å²) < 4.78 is 6.13. The third-order valence-electron chi connectivity index (χ3n) is 3.72. The van der Waals surface area contributed by atoms with Crippen LogP contribution in [0.2, 0.25) is 5.02 Å². The molecular weight excluding hydrogens is 404 g/mol. The summed E-state index contributed by atoms with van der Waals surface area (Å²) in [6.45, 7) is 4.91. The van der Waals surface area contributed by atoms with Crippen LogP contribution in [0.25, 0.3) is 0 Å². The lowest BCUT2D eigenvalue weighted by Gasteiger charge is -2.11. The molecule has 0 aliphatic carbocycles. The molecule has 0 N–H and O–H groups in total. The molecule has 0 aromatic heterocycles. The van der Waals surface area contributed by atoms with Crippen LogP contribution in [0.15, 0.2) is 45.9 Å². The van der Waals surface area contributed by atoms with E-state index in [9.17, 15) is 4.79 Å². The minimum Gasteiger partial charge on any atom is -0.457 e. The van der Waals surface area contributed by atoms with Gasteiger partial charge in [0.05, 0.1) is 17.6 Å². The molecule has 0 atom stereocenters. The van der Waals surface area contributed by atoms with Gasteiger partial charge in [-0.2, -0.15) is 0 Å². The summed E-state index contributed by atoms with van der Waals surface area (Å²) in [6, 6.07) is 10.9. The number of benzene rings is 2. The maximum atomic E-state index is 12.4. The number of ether oxygens (including phenoxy) is 1. The Morgan fingerprint density at radius 3 is 2.76 bits per heavy atom. The quantitative estimate of drug-likeness (QED) is 0.356. The molecular formula is C19H20BrClN2O2. The highest BCUT2D eigenvalue weighted by molar-refractivity contribution is 9.10. The Morgan fingerprint density at radius 1 is 1.36 bits per heavy atom. The van der Waals surface area contributed by atoms with Gasteiger partial charge in [-0.3, -0.25) is 0 Å². The van der Waals surface area contributed by atoms with Crippen LogP contribution in [-0.2, 0) is 11.3 Å². The fraction of sp³-hybridized carbons (Fsp3) is 0.263. The van der Waals surface area contributed by atoms with E-state index in [1.807, 2.05) is 50.1 Å². The summed E-state index contributed by atoms with van der Waals surface area (Å²) >= 11 is 9.55. The van der Waals surface area contributed by atoms with Crippen molar-refractivity contribution in [3.05, 3.63) is 62.6 Å². The second kappa shape index (κ2) is 9.02. The van der Waals surface area contributed by atoms with Gasteiger partial charge in [0.1, 0.15) is 6.61 Å². The van der Waals surface area contributed by atoms with Gasteiger partial charge < -0.3 is 9.64 Å². The van der Waals surface area contributed by atoms with Crippen LogP contribution >= 0.6 is 27.5 Å². The lowest BCUT2D eigenvalue weighted by atomic mass is 10.1. The number of nitrogens with zero attached hydrogens (tertiary/aromatic N) is 2. The standard InChI is InChI=1S/C19H20BrClN2O2/c1-4-23(3)12-22-18-9-13(2)15(10-16(18)20)19(24)25-11-14-7-5-6-8-17(14)21/h5-10,12H,4,11H2,1-3H3/b22-12+. The Morgan fingerprint density at radius 2 is 2.08 bits per heavy atom. The van der Waals surface area contributed by atoms with Crippen molar-refractivity contribution in [2.24, 2.45) is 4.99 Å². The molecule has 132 valence electrons. The first-order valence-electron chi connectivity index (χ1n) is 7.87. The molecule has 2 aromatic carbocycles. The molecule has 0 aliphatic heterocycles. The van der Waals surface area contributed by atoms with Crippen molar-refractivity contribution in [1.82, 2.24) is 4.90 Å². The molecule has 0 saturated heterocycles. The topological polar surface area (TPSA) is 41.9 Å². The Hall–Kier alpha value is -1.85. The van der Waals surface area contributed by atoms with E-state index in [1.54, 1.807) is 18.5 Å². The second-order valence-electron chi connectivity index (χ2n) is 5.60. The molecule has 0 aliphatic rings. The van der Waals surface area contributed by atoms with Gasteiger partial charge in [0.15, 0.2) is 0 Å². The van der Waals surface area contributed by atoms with Crippen LogP contribution in [0.5, 0.6) is 0 Å². The number of esters is 1. The number of hydrogen-bond acceptors (Lipinski definition) is 3. The van der Waals surface area contributed by atoms with Crippen molar-refractivity contribution >= 4 is 45.5 Å². The van der Waals surface area contributed by atoms with E-state index in [0.717, 1.165) is 27.8 Å². The number of carbonyl (C=O) groups is 1. The molecule has 6 heteroatoms. The average Bonchev–Trinajstić information content (AvgIpc) is 2.60. The van der Waals surface area contributed by atoms with E-state index < -0.39 is 0 Å². The van der Waals surface area contributed by atoms with Crippen LogP contribution in [-0.4, -0.2) is 30.8 Å². The zero-order valence-electron chi connectivity index (χ0n) is 14.4. The molecule has 2 aromatic rings. The van der Waals surface area contributed by atoms with Gasteiger partial charge in [0.25, 0.3) is 0 Å². The van der Waals surface area contributed by atoms with Crippen LogP contribution in [0.4, 0.5) is 5.69 Å². The summed E-state index contributed by atoms with van der Waals surface area (Å²) in [4.78, 5) is 18.8. The summed E-state index contributed by atoms with van der Waals surface area (Å²) in [6.07, 6.45) is 1.76. The van der Waals surface area contributed by atoms with E-state index in [1.165, 1.54) is 0 Å². The van der Waals surface area contributed by atoms with Gasteiger partial charge >= 0.3 is 5.97 Å². The van der Waals surface area contributed by atoms with Gasteiger partial charge in [-0.25, -0.2) is 9.79 Å². The Balaban J connectivity index is 2.13. The Kier molecular flexibility index (Phi) is 7.02. The number of halogens is 2. The normalized spacial score (nSPS) is 10.9. The zero-order valence-corrected chi connectivity index (χ0v) is 16.8. The van der Waals surface area contributed by atoms with Crippen molar-refractivity contribution in [2.45, 2.75) is 20.5 Å². The maximum absolute atomic E-state index is 12.4. The van der Waals surface area contributed by atoms with Gasteiger partial charge in [-0.05, 0) is 53.5 Å². The second-order valence-corrected chi connectivity index (χ2v) is 6.87. The molecule has 0 unspecified atom stereocenters. The summed E-state index contributed by atoms with van der Waals surface area (Å²) in [5, 5.41) is 0.581. The highest BCUT2D eigenvalue weighted by Gasteiger charge is 2.14. The number of aryl methyl sites for hydroxylation is 1. The maximum Gasteiger partial charge on any atom is 0.338 e.